The maximum atomic E-state index is 7.25. The number of rotatable bonds is 6. The van der Waals surface area contributed by atoms with Gasteiger partial charge in [0.1, 0.15) is 59.4 Å². The zero-order chi connectivity index (χ0) is 38.8. The second-order valence-electron chi connectivity index (χ2n) is 13.4. The van der Waals surface area contributed by atoms with Crippen molar-refractivity contribution in [2.24, 2.45) is 0 Å². The van der Waals surface area contributed by atoms with Crippen LogP contribution >= 0.6 is 15.8 Å². The topological polar surface area (TPSA) is 26.3 Å². The summed E-state index contributed by atoms with van der Waals surface area (Å²) in [5.74, 6) is 6.12. The molecule has 2 aromatic heterocycles. The van der Waals surface area contributed by atoms with Crippen molar-refractivity contribution in [2.45, 2.75) is 0 Å². The van der Waals surface area contributed by atoms with Gasteiger partial charge in [-0.1, -0.05) is 121 Å². The number of benzene rings is 8. The second kappa shape index (κ2) is 21.2. The molecular formula is C53H38Au2O2P2+2. The predicted molar refractivity (Wildman–Crippen MR) is 246 cm³/mol. The average molecular weight is 1160 g/mol. The van der Waals surface area contributed by atoms with Crippen LogP contribution in [0.5, 0.6) is 0 Å². The Kier molecular flexibility index (Phi) is 15.6. The number of hydrogen-bond donors (Lipinski definition) is 0. The van der Waals surface area contributed by atoms with Crippen molar-refractivity contribution in [1.29, 1.82) is 0 Å². The fourth-order valence-electron chi connectivity index (χ4n) is 7.23. The van der Waals surface area contributed by atoms with Gasteiger partial charge in [0.2, 0.25) is 0 Å². The molecule has 292 valence electrons. The molecule has 8 aromatic carbocycles. The van der Waals surface area contributed by atoms with Crippen molar-refractivity contribution in [1.82, 2.24) is 0 Å². The molecular weight excluding hydrogens is 1120 g/mol. The molecule has 0 bridgehead atoms. The van der Waals surface area contributed by atoms with Crippen LogP contribution in [-0.4, -0.2) is 5.90 Å². The van der Waals surface area contributed by atoms with Crippen molar-refractivity contribution in [3.8, 4) is 11.8 Å². The van der Waals surface area contributed by atoms with Crippen LogP contribution in [0.15, 0.2) is 215 Å². The van der Waals surface area contributed by atoms with Crippen molar-refractivity contribution in [3.05, 3.63) is 230 Å². The van der Waals surface area contributed by atoms with E-state index in [0.29, 0.717) is 0 Å². The smallest absolute Gasteiger partial charge is 0.458 e. The molecule has 2 heterocycles. The van der Waals surface area contributed by atoms with E-state index in [9.17, 15) is 0 Å². The minimum absolute atomic E-state index is 0. The zero-order valence-corrected chi connectivity index (χ0v) is 38.1. The van der Waals surface area contributed by atoms with Gasteiger partial charge in [-0.05, 0) is 83.6 Å². The van der Waals surface area contributed by atoms with Gasteiger partial charge in [0.25, 0.3) is 0 Å². The van der Waals surface area contributed by atoms with Crippen LogP contribution in [0.1, 0.15) is 11.1 Å². The molecule has 6 heteroatoms. The molecule has 0 unspecified atom stereocenters. The Morgan fingerprint density at radius 3 is 0.949 bits per heavy atom. The SMILES string of the molecule is [Au+].[Au+].[C-]#Cc1cccc2oc3ccccc3c12.[C-]#Cc1cccc2oc3ccccc3c12.c1ccc([PH+](C[PH+](c2ccccc2)c2ccccc2)c2ccccc2)cc1. The van der Waals surface area contributed by atoms with Gasteiger partial charge < -0.3 is 21.7 Å². The van der Waals surface area contributed by atoms with Crippen LogP contribution in [0.2, 0.25) is 0 Å². The molecule has 0 fully saturated rings. The first kappa shape index (κ1) is 43.4. The summed E-state index contributed by atoms with van der Waals surface area (Å²) in [6.45, 7) is 0. The van der Waals surface area contributed by atoms with Gasteiger partial charge >= 0.3 is 44.8 Å². The monoisotopic (exact) mass is 1160 g/mol. The van der Waals surface area contributed by atoms with Gasteiger partial charge in [-0.15, -0.1) is 23.3 Å². The maximum absolute atomic E-state index is 7.25. The van der Waals surface area contributed by atoms with Crippen molar-refractivity contribution in [3.63, 3.8) is 0 Å². The molecule has 10 aromatic rings. The molecule has 0 amide bonds. The molecule has 2 nitrogen and oxygen atoms in total. The molecule has 0 aliphatic carbocycles. The van der Waals surface area contributed by atoms with Gasteiger partial charge in [-0.25, -0.2) is 0 Å². The summed E-state index contributed by atoms with van der Waals surface area (Å²) in [5.41, 5.74) is 4.89. The third kappa shape index (κ3) is 10.00. The van der Waals surface area contributed by atoms with Gasteiger partial charge in [0.15, 0.2) is 5.90 Å². The number of hydrogen-bond acceptors (Lipinski definition) is 2. The summed E-state index contributed by atoms with van der Waals surface area (Å²) in [5, 5.41) is 10.1. The molecule has 0 saturated heterocycles. The molecule has 10 rings (SSSR count). The van der Waals surface area contributed by atoms with Crippen LogP contribution in [0.25, 0.3) is 43.9 Å². The Morgan fingerprint density at radius 1 is 0.339 bits per heavy atom. The summed E-state index contributed by atoms with van der Waals surface area (Å²) in [6.07, 6.45) is 14.5. The van der Waals surface area contributed by atoms with E-state index in [1.807, 2.05) is 84.9 Å². The molecule has 0 atom stereocenters. The van der Waals surface area contributed by atoms with Crippen LogP contribution < -0.4 is 21.2 Å². The Labute approximate surface area is 379 Å². The summed E-state index contributed by atoms with van der Waals surface area (Å²) < 4.78 is 11.3. The largest absolute Gasteiger partial charge is 1.00 e. The standard InChI is InChI=1S/C25H22P2.2C14H7O.2Au/c1-5-13-22(14-6-1)26(23-15-7-2-8-16-23)21-27(24-17-9-3-10-18-24)25-19-11-4-12-20-25;2*1-2-10-6-5-9-13-14(10)11-7-3-4-8-12(11)15-13;;/h1-20H,21H2;2*3-9H;;/q;2*-1;2*+1/p+2. The molecule has 0 spiro atoms. The van der Waals surface area contributed by atoms with E-state index in [2.05, 4.69) is 133 Å². The molecule has 59 heavy (non-hydrogen) atoms. The minimum atomic E-state index is -0.847. The van der Waals surface area contributed by atoms with E-state index in [1.165, 1.54) is 27.1 Å². The Bertz CT molecular complexity index is 2680. The molecule has 0 N–H and O–H groups in total. The van der Waals surface area contributed by atoms with E-state index in [4.69, 9.17) is 21.7 Å². The summed E-state index contributed by atoms with van der Waals surface area (Å²) in [4.78, 5) is 0. The molecule has 0 radical (unpaired) electrons. The average Bonchev–Trinajstić information content (AvgIpc) is 3.87. The van der Waals surface area contributed by atoms with Gasteiger partial charge in [-0.2, -0.15) is 0 Å². The van der Waals surface area contributed by atoms with E-state index >= 15 is 0 Å². The van der Waals surface area contributed by atoms with Crippen LogP contribution in [-0.2, 0) is 44.8 Å². The number of furan rings is 2. The quantitative estimate of drug-likeness (QED) is 0.0718. The fourth-order valence-corrected chi connectivity index (χ4v) is 15.0. The Hall–Kier alpha value is -5.18. The Morgan fingerprint density at radius 2 is 0.627 bits per heavy atom. The number of para-hydroxylation sites is 2. The predicted octanol–water partition coefficient (Wildman–Crippen LogP) is 11.7. The van der Waals surface area contributed by atoms with Crippen molar-refractivity contribution >= 4 is 80.9 Å². The van der Waals surface area contributed by atoms with Crippen LogP contribution in [0.4, 0.5) is 0 Å². The first-order valence-electron chi connectivity index (χ1n) is 18.8. The van der Waals surface area contributed by atoms with Gasteiger partial charge in [-0.3, -0.25) is 11.8 Å². The molecule has 0 saturated carbocycles. The number of fused-ring (bicyclic) bond motifs is 6. The molecule has 0 aliphatic heterocycles. The van der Waals surface area contributed by atoms with Crippen LogP contribution in [0.3, 0.4) is 0 Å². The zero-order valence-electron chi connectivity index (χ0n) is 31.8. The van der Waals surface area contributed by atoms with Gasteiger partial charge in [0.05, 0.1) is 0 Å². The Balaban J connectivity index is 0.000000156. The first-order valence-corrected chi connectivity index (χ1v) is 22.2. The first-order chi connectivity index (χ1) is 28.2. The maximum Gasteiger partial charge on any atom is 1.00 e. The third-order valence-corrected chi connectivity index (χ3v) is 16.9. The van der Waals surface area contributed by atoms with Crippen molar-refractivity contribution < 1.29 is 53.6 Å². The van der Waals surface area contributed by atoms with E-state index in [1.54, 1.807) is 0 Å². The summed E-state index contributed by atoms with van der Waals surface area (Å²) in [6, 6.07) is 71.5. The van der Waals surface area contributed by atoms with E-state index in [0.717, 1.165) is 55.0 Å². The third-order valence-electron chi connectivity index (χ3n) is 9.92. The van der Waals surface area contributed by atoms with Crippen molar-refractivity contribution in [2.75, 3.05) is 5.90 Å². The van der Waals surface area contributed by atoms with Gasteiger partial charge in [0, 0.05) is 10.8 Å². The van der Waals surface area contributed by atoms with E-state index in [-0.39, 0.29) is 44.8 Å². The summed E-state index contributed by atoms with van der Waals surface area (Å²) in [7, 11) is -1.69. The molecule has 0 aliphatic rings. The minimum Gasteiger partial charge on any atom is -0.458 e. The van der Waals surface area contributed by atoms with Crippen LogP contribution in [0, 0.1) is 24.7 Å². The van der Waals surface area contributed by atoms with E-state index < -0.39 is 15.8 Å². The normalized spacial score (nSPS) is 10.4. The fraction of sp³-hybridized carbons (Fsp3) is 0.0189. The second-order valence-corrected chi connectivity index (χ2v) is 19.0. The summed E-state index contributed by atoms with van der Waals surface area (Å²) >= 11 is 0.